The van der Waals surface area contributed by atoms with Gasteiger partial charge in [0.1, 0.15) is 5.75 Å². The smallest absolute Gasteiger partial charge is 0.335 e. The van der Waals surface area contributed by atoms with E-state index in [4.69, 9.17) is 22.1 Å². The molecule has 0 aliphatic heterocycles. The van der Waals surface area contributed by atoms with E-state index >= 15 is 0 Å². The van der Waals surface area contributed by atoms with Gasteiger partial charge >= 0.3 is 5.97 Å². The molecule has 0 saturated carbocycles. The van der Waals surface area contributed by atoms with Gasteiger partial charge < -0.3 is 20.5 Å². The van der Waals surface area contributed by atoms with Crippen molar-refractivity contribution in [1.82, 2.24) is 5.32 Å². The van der Waals surface area contributed by atoms with Crippen LogP contribution in [0.3, 0.4) is 0 Å². The third kappa shape index (κ3) is 3.89. The zero-order valence-electron chi connectivity index (χ0n) is 10.3. The van der Waals surface area contributed by atoms with Crippen LogP contribution in [-0.2, 0) is 0 Å². The average Bonchev–Trinajstić information content (AvgIpc) is 2.36. The average molecular weight is 268 g/mol. The molecule has 98 valence electrons. The maximum absolute atomic E-state index is 10.9. The number of hydrogen-bond acceptors (Lipinski definition) is 3. The predicted molar refractivity (Wildman–Crippen MR) is 74.5 cm³/mol. The first-order chi connectivity index (χ1) is 8.58. The molecule has 1 aromatic rings. The Morgan fingerprint density at radius 1 is 1.50 bits per heavy atom. The molecule has 0 heterocycles. The third-order valence-corrected chi connectivity index (χ3v) is 2.47. The first-order valence-electron chi connectivity index (χ1n) is 5.57. The molecule has 3 N–H and O–H groups in total. The number of nitrogens with one attached hydrogen (secondary N) is 2. The molecule has 0 fully saturated rings. The Morgan fingerprint density at radius 2 is 2.22 bits per heavy atom. The summed E-state index contributed by atoms with van der Waals surface area (Å²) in [4.78, 5) is 10.9. The van der Waals surface area contributed by atoms with Crippen LogP contribution in [0.25, 0.3) is 0 Å². The van der Waals surface area contributed by atoms with Gasteiger partial charge in [0.05, 0.1) is 17.9 Å². The molecular formula is C12H16N2O3S. The molecule has 0 saturated heterocycles. The first kappa shape index (κ1) is 14.2. The number of hydrogen-bond donors (Lipinski definition) is 3. The van der Waals surface area contributed by atoms with E-state index in [2.05, 4.69) is 10.6 Å². The van der Waals surface area contributed by atoms with Crippen LogP contribution < -0.4 is 15.4 Å². The summed E-state index contributed by atoms with van der Waals surface area (Å²) in [5.41, 5.74) is 0.725. The largest absolute Gasteiger partial charge is 0.491 e. The fourth-order valence-corrected chi connectivity index (χ4v) is 1.39. The van der Waals surface area contributed by atoms with E-state index in [0.717, 1.165) is 6.42 Å². The number of anilines is 1. The second-order valence-electron chi connectivity index (χ2n) is 3.57. The second kappa shape index (κ2) is 6.80. The molecule has 0 spiro atoms. The van der Waals surface area contributed by atoms with Crippen LogP contribution in [0.2, 0.25) is 0 Å². The van der Waals surface area contributed by atoms with Gasteiger partial charge in [-0.2, -0.15) is 0 Å². The number of carboxylic acids is 1. The Balaban J connectivity index is 3.01. The van der Waals surface area contributed by atoms with E-state index in [-0.39, 0.29) is 5.56 Å². The maximum Gasteiger partial charge on any atom is 0.335 e. The van der Waals surface area contributed by atoms with E-state index in [1.807, 2.05) is 6.92 Å². The summed E-state index contributed by atoms with van der Waals surface area (Å²) in [6.07, 6.45) is 0.872. The topological polar surface area (TPSA) is 70.6 Å². The van der Waals surface area contributed by atoms with E-state index in [1.54, 1.807) is 13.1 Å². The highest BCUT2D eigenvalue weighted by Gasteiger charge is 2.10. The van der Waals surface area contributed by atoms with Gasteiger partial charge in [-0.3, -0.25) is 0 Å². The normalized spacial score (nSPS) is 9.67. The maximum atomic E-state index is 10.9. The minimum atomic E-state index is -0.990. The van der Waals surface area contributed by atoms with Crippen molar-refractivity contribution in [3.05, 3.63) is 23.8 Å². The number of ether oxygens (including phenoxy) is 1. The van der Waals surface area contributed by atoms with Gasteiger partial charge in [-0.25, -0.2) is 4.79 Å². The zero-order valence-corrected chi connectivity index (χ0v) is 11.1. The van der Waals surface area contributed by atoms with Crippen molar-refractivity contribution >= 4 is 29.0 Å². The molecule has 0 unspecified atom stereocenters. The zero-order chi connectivity index (χ0) is 13.5. The first-order valence-corrected chi connectivity index (χ1v) is 5.98. The summed E-state index contributed by atoms with van der Waals surface area (Å²) in [5, 5.41) is 15.0. The number of carboxylic acid groups (broad SMARTS) is 1. The lowest BCUT2D eigenvalue weighted by molar-refractivity contribution is 0.0697. The number of aromatic carboxylic acids is 1. The molecule has 0 atom stereocenters. The lowest BCUT2D eigenvalue weighted by atomic mass is 10.2. The summed E-state index contributed by atoms with van der Waals surface area (Å²) in [7, 11) is 1.68. The second-order valence-corrected chi connectivity index (χ2v) is 3.98. The number of carbonyl (C=O) groups is 1. The van der Waals surface area contributed by atoms with Gasteiger partial charge in [0.2, 0.25) is 0 Å². The Hall–Kier alpha value is -1.82. The molecular weight excluding hydrogens is 252 g/mol. The molecule has 1 aromatic carbocycles. The van der Waals surface area contributed by atoms with Crippen molar-refractivity contribution in [2.45, 2.75) is 13.3 Å². The van der Waals surface area contributed by atoms with Gasteiger partial charge in [0.15, 0.2) is 5.11 Å². The summed E-state index contributed by atoms with van der Waals surface area (Å²) in [6, 6.07) is 4.62. The van der Waals surface area contributed by atoms with Crippen LogP contribution >= 0.6 is 12.2 Å². The standard InChI is InChI=1S/C12H16N2O3S/c1-3-6-17-10-5-4-8(11(15)16)7-9(10)14-12(18)13-2/h4-5,7H,3,6H2,1-2H3,(H,15,16)(H2,13,14,18). The quantitative estimate of drug-likeness (QED) is 0.710. The molecule has 0 amide bonds. The van der Waals surface area contributed by atoms with Gasteiger partial charge in [-0.1, -0.05) is 6.92 Å². The van der Waals surface area contributed by atoms with Crippen molar-refractivity contribution in [3.8, 4) is 5.75 Å². The molecule has 0 bridgehead atoms. The fourth-order valence-electron chi connectivity index (χ4n) is 1.28. The van der Waals surface area contributed by atoms with Crippen LogP contribution in [0.15, 0.2) is 18.2 Å². The van der Waals surface area contributed by atoms with E-state index in [9.17, 15) is 4.79 Å². The van der Waals surface area contributed by atoms with Crippen molar-refractivity contribution in [2.75, 3.05) is 19.0 Å². The van der Waals surface area contributed by atoms with Crippen LogP contribution in [0.1, 0.15) is 23.7 Å². The van der Waals surface area contributed by atoms with Crippen molar-refractivity contribution in [3.63, 3.8) is 0 Å². The SMILES string of the molecule is CCCOc1ccc(C(=O)O)cc1NC(=S)NC. The molecule has 18 heavy (non-hydrogen) atoms. The lowest BCUT2D eigenvalue weighted by Gasteiger charge is -2.14. The van der Waals surface area contributed by atoms with E-state index in [1.165, 1.54) is 12.1 Å². The van der Waals surface area contributed by atoms with Crippen LogP contribution in [0.4, 0.5) is 5.69 Å². The Bertz CT molecular complexity index is 449. The Morgan fingerprint density at radius 3 is 2.78 bits per heavy atom. The van der Waals surface area contributed by atoms with Crippen molar-refractivity contribution in [1.29, 1.82) is 0 Å². The van der Waals surface area contributed by atoms with Gasteiger partial charge in [0, 0.05) is 7.05 Å². The Labute approximate surface area is 111 Å². The predicted octanol–water partition coefficient (Wildman–Crippen LogP) is 2.09. The lowest BCUT2D eigenvalue weighted by Crippen LogP contribution is -2.24. The van der Waals surface area contributed by atoms with Crippen LogP contribution in [-0.4, -0.2) is 29.8 Å². The van der Waals surface area contributed by atoms with Gasteiger partial charge in [-0.15, -0.1) is 0 Å². The minimum absolute atomic E-state index is 0.181. The van der Waals surface area contributed by atoms with Crippen molar-refractivity contribution < 1.29 is 14.6 Å². The highest BCUT2D eigenvalue weighted by Crippen LogP contribution is 2.26. The minimum Gasteiger partial charge on any atom is -0.491 e. The van der Waals surface area contributed by atoms with E-state index < -0.39 is 5.97 Å². The van der Waals surface area contributed by atoms with Crippen molar-refractivity contribution in [2.24, 2.45) is 0 Å². The monoisotopic (exact) mass is 268 g/mol. The molecule has 1 rings (SSSR count). The van der Waals surface area contributed by atoms with E-state index in [0.29, 0.717) is 23.2 Å². The third-order valence-electron chi connectivity index (χ3n) is 2.16. The summed E-state index contributed by atoms with van der Waals surface area (Å²) < 4.78 is 5.52. The number of thiocarbonyl (C=S) groups is 1. The van der Waals surface area contributed by atoms with Crippen LogP contribution in [0, 0.1) is 0 Å². The summed E-state index contributed by atoms with van der Waals surface area (Å²) in [6.45, 7) is 2.56. The molecule has 0 aliphatic carbocycles. The van der Waals surface area contributed by atoms with Crippen LogP contribution in [0.5, 0.6) is 5.75 Å². The fraction of sp³-hybridized carbons (Fsp3) is 0.333. The summed E-state index contributed by atoms with van der Waals surface area (Å²) >= 11 is 4.99. The molecule has 0 aliphatic rings. The van der Waals surface area contributed by atoms with Gasteiger partial charge in [-0.05, 0) is 36.8 Å². The molecule has 0 aromatic heterocycles. The summed E-state index contributed by atoms with van der Waals surface area (Å²) in [5.74, 6) is -0.407. The number of benzene rings is 1. The van der Waals surface area contributed by atoms with Gasteiger partial charge in [0.25, 0.3) is 0 Å². The molecule has 5 nitrogen and oxygen atoms in total. The highest BCUT2D eigenvalue weighted by atomic mass is 32.1. The Kier molecular flexibility index (Phi) is 5.38. The molecule has 6 heteroatoms. The highest BCUT2D eigenvalue weighted by molar-refractivity contribution is 7.80. The molecule has 0 radical (unpaired) electrons. The number of rotatable bonds is 5.